The fraction of sp³-hybridized carbons (Fsp3) is 0.407. The molecule has 6 aliphatic rings. The van der Waals surface area contributed by atoms with Gasteiger partial charge in [0.25, 0.3) is 0 Å². The molecule has 6 N–H and O–H groups in total. The number of allylic oxidation sites excluding steroid dienone is 3. The second-order valence-corrected chi connectivity index (χ2v) is 30.8. The van der Waals surface area contributed by atoms with Gasteiger partial charge in [-0.1, -0.05) is 89.3 Å². The van der Waals surface area contributed by atoms with Crippen LogP contribution in [0.1, 0.15) is 57.8 Å². The largest absolute Gasteiger partial charge is 0.495 e. The number of carbonyl (C=O) groups is 3. The molecule has 114 heavy (non-hydrogen) atoms. The molecule has 0 radical (unpaired) electrons. The topological polar surface area (TPSA) is 322 Å². The molecule has 3 saturated heterocycles. The smallest absolute Gasteiger partial charge is 0.223 e. The average molecular weight is 1680 g/mol. The number of pyridine rings is 3. The average Bonchev–Trinajstić information content (AvgIpc) is 1.27. The molecule has 6 fully saturated rings. The van der Waals surface area contributed by atoms with Crippen LogP contribution in [0.15, 0.2) is 93.0 Å². The molecule has 3 aromatic carbocycles. The summed E-state index contributed by atoms with van der Waals surface area (Å²) < 4.78 is 49.5. The molecule has 600 valence electrons. The van der Waals surface area contributed by atoms with Crippen molar-refractivity contribution in [3.63, 3.8) is 0 Å². The molecule has 15 rings (SSSR count). The van der Waals surface area contributed by atoms with Gasteiger partial charge in [0.15, 0.2) is 34.8 Å². The van der Waals surface area contributed by atoms with Crippen LogP contribution >= 0.6 is 69.6 Å². The van der Waals surface area contributed by atoms with E-state index in [4.69, 9.17) is 142 Å². The number of benzene rings is 3. The van der Waals surface area contributed by atoms with Gasteiger partial charge in [0.2, 0.25) is 17.8 Å². The van der Waals surface area contributed by atoms with Crippen molar-refractivity contribution in [1.29, 1.82) is 0 Å². The number of rotatable bonds is 33. The summed E-state index contributed by atoms with van der Waals surface area (Å²) in [6.45, 7) is 15.9. The summed E-state index contributed by atoms with van der Waals surface area (Å²) in [6.07, 6.45) is 17.4. The summed E-state index contributed by atoms with van der Waals surface area (Å²) in [5.74, 6) is 7.51. The van der Waals surface area contributed by atoms with Crippen molar-refractivity contribution >= 4 is 155 Å². The number of fused-ring (bicyclic) bond motifs is 3. The van der Waals surface area contributed by atoms with Gasteiger partial charge in [0.05, 0.1) is 148 Å². The number of ether oxygens (including phenoxy) is 9. The van der Waals surface area contributed by atoms with E-state index in [-0.39, 0.29) is 53.2 Å². The third-order valence-corrected chi connectivity index (χ3v) is 22.8. The van der Waals surface area contributed by atoms with Gasteiger partial charge in [-0.05, 0) is 92.7 Å². The van der Waals surface area contributed by atoms with Crippen molar-refractivity contribution < 1.29 is 57.0 Å². The van der Waals surface area contributed by atoms with Gasteiger partial charge >= 0.3 is 0 Å². The molecule has 0 spiro atoms. The van der Waals surface area contributed by atoms with E-state index in [1.807, 2.05) is 18.2 Å². The number of ketones is 3. The highest BCUT2D eigenvalue weighted by atomic mass is 35.5. The summed E-state index contributed by atoms with van der Waals surface area (Å²) in [5, 5.41) is 24.7. The number of aromatic nitrogens is 9. The van der Waals surface area contributed by atoms with Crippen LogP contribution in [0.5, 0.6) is 34.5 Å². The van der Waals surface area contributed by atoms with Crippen LogP contribution in [0.3, 0.4) is 0 Å². The third kappa shape index (κ3) is 19.4. The normalized spacial score (nSPS) is 18.8. The van der Waals surface area contributed by atoms with Gasteiger partial charge in [-0.2, -0.15) is 0 Å². The molecule has 0 bridgehead atoms. The van der Waals surface area contributed by atoms with E-state index < -0.39 is 0 Å². The van der Waals surface area contributed by atoms with Crippen LogP contribution in [0.25, 0.3) is 66.5 Å². The predicted octanol–water partition coefficient (Wildman–Crippen LogP) is 16.2. The van der Waals surface area contributed by atoms with E-state index in [1.54, 1.807) is 36.8 Å². The molecule has 3 saturated carbocycles. The first kappa shape index (κ1) is 82.6. The van der Waals surface area contributed by atoms with Crippen molar-refractivity contribution in [2.24, 2.45) is 35.5 Å². The molecular weight excluding hydrogens is 1590 g/mol. The maximum absolute atomic E-state index is 11.9. The van der Waals surface area contributed by atoms with Crippen LogP contribution in [-0.4, -0.2) is 182 Å². The number of halogens is 6. The first-order valence-electron chi connectivity index (χ1n) is 37.3. The Hall–Kier alpha value is -9.42. The highest BCUT2D eigenvalue weighted by Crippen LogP contribution is 2.50. The van der Waals surface area contributed by atoms with Crippen molar-refractivity contribution in [1.82, 2.24) is 44.9 Å². The highest BCUT2D eigenvalue weighted by molar-refractivity contribution is 6.42. The fourth-order valence-electron chi connectivity index (χ4n) is 13.5. The number of hydrogen-bond donors (Lipinski definition) is 6. The number of carbonyl (C=O) groups excluding carboxylic acids is 3. The Bertz CT molecular complexity index is 4560. The summed E-state index contributed by atoms with van der Waals surface area (Å²) >= 11 is 40.1. The van der Waals surface area contributed by atoms with Gasteiger partial charge < -0.3 is 74.5 Å². The lowest BCUT2D eigenvalue weighted by Crippen LogP contribution is -2.30. The summed E-state index contributed by atoms with van der Waals surface area (Å²) in [4.78, 5) is 78.4. The molecule has 33 heteroatoms. The van der Waals surface area contributed by atoms with Crippen LogP contribution in [0.2, 0.25) is 30.1 Å². The summed E-state index contributed by atoms with van der Waals surface area (Å²) in [6, 6.07) is 10.2. The molecule has 3 aliphatic carbocycles. The molecule has 9 aromatic rings. The Balaban J connectivity index is 0.000000149. The van der Waals surface area contributed by atoms with Gasteiger partial charge in [0.1, 0.15) is 51.0 Å². The lowest BCUT2D eigenvalue weighted by molar-refractivity contribution is -0.116. The zero-order valence-electron chi connectivity index (χ0n) is 63.7. The number of nitrogens with zero attached hydrogens (tertiary/aromatic N) is 9. The second-order valence-electron chi connectivity index (χ2n) is 28.6. The Labute approximate surface area is 689 Å². The maximum atomic E-state index is 11.9. The van der Waals surface area contributed by atoms with Crippen molar-refractivity contribution in [3.8, 4) is 68.3 Å². The van der Waals surface area contributed by atoms with Crippen molar-refractivity contribution in [2.75, 3.05) is 134 Å². The maximum Gasteiger partial charge on any atom is 0.223 e. The highest BCUT2D eigenvalue weighted by Gasteiger charge is 2.35. The fourth-order valence-corrected chi connectivity index (χ4v) is 15.6. The van der Waals surface area contributed by atoms with Gasteiger partial charge in [-0.3, -0.25) is 14.4 Å². The second kappa shape index (κ2) is 37.5. The lowest BCUT2D eigenvalue weighted by atomic mass is 9.97. The van der Waals surface area contributed by atoms with Gasteiger partial charge in [-0.15, -0.1) is 0 Å². The predicted molar refractivity (Wildman–Crippen MR) is 446 cm³/mol. The number of anilines is 6. The molecule has 6 aromatic heterocycles. The summed E-state index contributed by atoms with van der Waals surface area (Å²) in [5.41, 5.74) is 5.10. The first-order chi connectivity index (χ1) is 55.2. The van der Waals surface area contributed by atoms with Crippen LogP contribution in [0, 0.1) is 35.5 Å². The molecular formula is C81H87Cl6N15O12. The van der Waals surface area contributed by atoms with Crippen LogP contribution in [0.4, 0.5) is 35.3 Å². The minimum atomic E-state index is -0.0895. The summed E-state index contributed by atoms with van der Waals surface area (Å²) in [7, 11) is 9.19. The monoisotopic (exact) mass is 1670 g/mol. The standard InChI is InChI=1S/3C27H29Cl2N5O4/c3*1-4-17(35)7-16-12-38-13-19(16)33-27-31-11-15-8-18(32-26(25(15)34-27)30-10-14-5-6-14)22-23(28)20(36-2)9-21(37-3)24(22)29/h3*4,8-9,11,14,16,19H,1,5-7,10,12-13H2,2-3H3,(H,30,32)(H,31,33,34)/t3*16-,19+/m100/s1. The quantitative estimate of drug-likeness (QED) is 0.0208. The molecule has 9 heterocycles. The SMILES string of the molecule is C=CC(=O)C[C@@H]1COC[C@@H]1Nc1ncc2cc(-c3c(Cl)c(OC)cc(OC)c3Cl)nc(NCC3CC3)c2n1.C=CC(=O)C[C@H]1COC[C@H]1Nc1ncc2cc(-c3c(Cl)c(OC)cc(OC)c3Cl)nc(NCC3CC3)c2n1.C=CC(=O)C[C@H]1COC[C@H]1Nc1ncc2cc(-c3c(Cl)c(OC)cc(OC)c3Cl)nc(NCC3CC3)c2n1. The van der Waals surface area contributed by atoms with E-state index >= 15 is 0 Å². The minimum Gasteiger partial charge on any atom is -0.495 e. The number of hydrogen-bond acceptors (Lipinski definition) is 27. The molecule has 27 nitrogen and oxygen atoms in total. The molecule has 0 unspecified atom stereocenters. The van der Waals surface area contributed by atoms with E-state index in [0.717, 1.165) is 35.8 Å². The molecule has 3 aliphatic heterocycles. The van der Waals surface area contributed by atoms with Crippen LogP contribution < -0.4 is 60.3 Å². The first-order valence-corrected chi connectivity index (χ1v) is 39.6. The Morgan fingerprint density at radius 2 is 0.632 bits per heavy atom. The molecule has 0 amide bonds. The zero-order valence-corrected chi connectivity index (χ0v) is 68.2. The Morgan fingerprint density at radius 3 is 0.851 bits per heavy atom. The van der Waals surface area contributed by atoms with E-state index in [0.29, 0.717) is 227 Å². The Morgan fingerprint density at radius 1 is 0.386 bits per heavy atom. The number of methoxy groups -OCH3 is 6. The van der Waals surface area contributed by atoms with Crippen molar-refractivity contribution in [2.45, 2.75) is 75.9 Å². The van der Waals surface area contributed by atoms with E-state index in [2.05, 4.69) is 66.6 Å². The zero-order chi connectivity index (χ0) is 80.4. The van der Waals surface area contributed by atoms with E-state index in [9.17, 15) is 14.4 Å². The molecule has 6 atom stereocenters. The van der Waals surface area contributed by atoms with Gasteiger partial charge in [0, 0.05) is 126 Å². The minimum absolute atomic E-state index is 0.0125. The van der Waals surface area contributed by atoms with E-state index in [1.165, 1.54) is 99.4 Å². The van der Waals surface area contributed by atoms with Crippen molar-refractivity contribution in [3.05, 3.63) is 123 Å². The van der Waals surface area contributed by atoms with Crippen LogP contribution in [-0.2, 0) is 28.6 Å². The Kier molecular flexibility index (Phi) is 27.1. The lowest BCUT2D eigenvalue weighted by Gasteiger charge is -2.19. The number of nitrogens with one attached hydrogen (secondary N) is 6. The van der Waals surface area contributed by atoms with Gasteiger partial charge in [-0.25, -0.2) is 44.9 Å². The third-order valence-electron chi connectivity index (χ3n) is 20.6.